The molecule has 2 aromatic rings. The van der Waals surface area contributed by atoms with Gasteiger partial charge < -0.3 is 14.2 Å². The molecule has 4 rings (SSSR count). The van der Waals surface area contributed by atoms with Crippen LogP contribution in [0.1, 0.15) is 23.1 Å². The molecule has 10 nitrogen and oxygen atoms in total. The third-order valence-corrected chi connectivity index (χ3v) is 7.21. The SMILES string of the molecule is COc1cc(/C=C2/C(=N)N3C(=NC2=O)SN=C3S(C)(=O)=O)ccc1OCCCOc1ccc(C)cc1C. The third-order valence-electron chi connectivity index (χ3n) is 5.46. The van der Waals surface area contributed by atoms with Gasteiger partial charge in [-0.2, -0.15) is 9.39 Å². The molecule has 1 amide bonds. The molecule has 0 aliphatic carbocycles. The molecule has 0 spiro atoms. The van der Waals surface area contributed by atoms with E-state index < -0.39 is 15.7 Å². The summed E-state index contributed by atoms with van der Waals surface area (Å²) < 4.78 is 45.1. The van der Waals surface area contributed by atoms with Gasteiger partial charge in [-0.3, -0.25) is 10.2 Å². The van der Waals surface area contributed by atoms with Gasteiger partial charge in [-0.1, -0.05) is 23.8 Å². The Hall–Kier alpha value is -3.64. The van der Waals surface area contributed by atoms with Crippen molar-refractivity contribution < 1.29 is 27.4 Å². The average molecular weight is 543 g/mol. The zero-order chi connectivity index (χ0) is 26.7. The van der Waals surface area contributed by atoms with Crippen molar-refractivity contribution in [2.75, 3.05) is 26.6 Å². The van der Waals surface area contributed by atoms with Gasteiger partial charge in [-0.15, -0.1) is 0 Å². The second kappa shape index (κ2) is 10.8. The molecule has 12 heteroatoms. The zero-order valence-corrected chi connectivity index (χ0v) is 22.4. The first-order valence-corrected chi connectivity index (χ1v) is 13.9. The van der Waals surface area contributed by atoms with Gasteiger partial charge in [0.15, 0.2) is 11.5 Å². The highest BCUT2D eigenvalue weighted by atomic mass is 32.2. The Morgan fingerprint density at radius 1 is 1.05 bits per heavy atom. The number of benzene rings is 2. The second-order valence-electron chi connectivity index (χ2n) is 8.41. The number of aliphatic imine (C=N–C) groups is 1. The highest BCUT2D eigenvalue weighted by molar-refractivity contribution is 8.16. The summed E-state index contributed by atoms with van der Waals surface area (Å²) in [5.74, 6) is 0.842. The normalized spacial score (nSPS) is 16.4. The van der Waals surface area contributed by atoms with Gasteiger partial charge in [0.25, 0.3) is 5.91 Å². The number of aryl methyl sites for hydroxylation is 2. The number of hydrogen-bond donors (Lipinski definition) is 1. The number of carbonyl (C=O) groups is 1. The smallest absolute Gasteiger partial charge is 0.283 e. The Morgan fingerprint density at radius 2 is 1.76 bits per heavy atom. The van der Waals surface area contributed by atoms with Crippen LogP contribution in [0.4, 0.5) is 0 Å². The van der Waals surface area contributed by atoms with Crippen molar-refractivity contribution in [2.24, 2.45) is 9.39 Å². The molecule has 37 heavy (non-hydrogen) atoms. The second-order valence-corrected chi connectivity index (χ2v) is 11.0. The topological polar surface area (TPSA) is 131 Å². The number of nitrogens with one attached hydrogen (secondary N) is 1. The summed E-state index contributed by atoms with van der Waals surface area (Å²) in [6.07, 6.45) is 3.10. The van der Waals surface area contributed by atoms with Crippen molar-refractivity contribution in [2.45, 2.75) is 20.3 Å². The van der Waals surface area contributed by atoms with E-state index in [0.29, 0.717) is 36.7 Å². The van der Waals surface area contributed by atoms with E-state index >= 15 is 0 Å². The van der Waals surface area contributed by atoms with E-state index in [4.69, 9.17) is 19.6 Å². The Kier molecular flexibility index (Phi) is 7.69. The lowest BCUT2D eigenvalue weighted by Crippen LogP contribution is -2.45. The van der Waals surface area contributed by atoms with E-state index in [1.165, 1.54) is 18.7 Å². The molecule has 0 atom stereocenters. The molecule has 0 aromatic heterocycles. The number of nitrogens with zero attached hydrogens (tertiary/aromatic N) is 3. The van der Waals surface area contributed by atoms with E-state index in [2.05, 4.69) is 15.5 Å². The largest absolute Gasteiger partial charge is 0.493 e. The Bertz CT molecular complexity index is 1460. The third kappa shape index (κ3) is 5.86. The summed E-state index contributed by atoms with van der Waals surface area (Å²) in [5, 5.41) is 8.16. The van der Waals surface area contributed by atoms with E-state index in [1.54, 1.807) is 18.2 Å². The predicted octanol–water partition coefficient (Wildman–Crippen LogP) is 3.78. The molecule has 194 valence electrons. The maximum atomic E-state index is 12.6. The first-order chi connectivity index (χ1) is 17.6. The molecule has 2 aromatic carbocycles. The van der Waals surface area contributed by atoms with Gasteiger partial charge >= 0.3 is 0 Å². The molecular weight excluding hydrogens is 516 g/mol. The summed E-state index contributed by atoms with van der Waals surface area (Å²) >= 11 is 0.746. The lowest BCUT2D eigenvalue weighted by atomic mass is 10.1. The van der Waals surface area contributed by atoms with Crippen LogP contribution in [0.25, 0.3) is 6.08 Å². The molecule has 0 saturated carbocycles. The van der Waals surface area contributed by atoms with Crippen LogP contribution in [0.15, 0.2) is 51.4 Å². The number of amides is 1. The lowest BCUT2D eigenvalue weighted by molar-refractivity contribution is -0.114. The van der Waals surface area contributed by atoms with Crippen molar-refractivity contribution in [3.05, 3.63) is 58.7 Å². The number of amidine groups is 3. The number of carbonyl (C=O) groups excluding carboxylic acids is 1. The number of ether oxygens (including phenoxy) is 3. The molecule has 0 unspecified atom stereocenters. The van der Waals surface area contributed by atoms with Gasteiger partial charge in [0.2, 0.25) is 20.2 Å². The number of rotatable bonds is 8. The zero-order valence-electron chi connectivity index (χ0n) is 20.8. The fourth-order valence-electron chi connectivity index (χ4n) is 3.68. The summed E-state index contributed by atoms with van der Waals surface area (Å²) in [6.45, 7) is 4.95. The molecule has 0 saturated heterocycles. The Labute approximate surface area is 219 Å². The van der Waals surface area contributed by atoms with Gasteiger partial charge in [-0.05, 0) is 49.2 Å². The minimum Gasteiger partial charge on any atom is -0.493 e. The van der Waals surface area contributed by atoms with E-state index in [1.807, 2.05) is 26.0 Å². The number of hydrogen-bond acceptors (Lipinski definition) is 9. The number of methoxy groups -OCH3 is 1. The highest BCUT2D eigenvalue weighted by Gasteiger charge is 2.41. The van der Waals surface area contributed by atoms with Crippen molar-refractivity contribution in [1.82, 2.24) is 4.90 Å². The minimum absolute atomic E-state index is 0.0374. The lowest BCUT2D eigenvalue weighted by Gasteiger charge is -2.23. The molecule has 2 heterocycles. The molecule has 2 aliphatic rings. The fourth-order valence-corrected chi connectivity index (χ4v) is 5.53. The molecular formula is C25H26N4O6S2. The monoisotopic (exact) mass is 542 g/mol. The van der Waals surface area contributed by atoms with Crippen molar-refractivity contribution in [1.29, 1.82) is 5.41 Å². The molecule has 2 aliphatic heterocycles. The number of fused-ring (bicyclic) bond motifs is 1. The molecule has 0 fully saturated rings. The van der Waals surface area contributed by atoms with Crippen LogP contribution in [0.5, 0.6) is 17.2 Å². The first kappa shape index (κ1) is 26.4. The predicted molar refractivity (Wildman–Crippen MR) is 144 cm³/mol. The van der Waals surface area contributed by atoms with Crippen molar-refractivity contribution in [3.63, 3.8) is 0 Å². The number of sulfone groups is 1. The summed E-state index contributed by atoms with van der Waals surface area (Å²) in [6, 6.07) is 11.1. The quantitative estimate of drug-likeness (QED) is 0.303. The van der Waals surface area contributed by atoms with Crippen molar-refractivity contribution >= 4 is 49.9 Å². The van der Waals surface area contributed by atoms with Gasteiger partial charge in [-0.25, -0.2) is 13.3 Å². The summed E-state index contributed by atoms with van der Waals surface area (Å²) in [5.41, 5.74) is 2.76. The fraction of sp³-hybridized carbons (Fsp3) is 0.280. The Morgan fingerprint density at radius 3 is 2.43 bits per heavy atom. The maximum absolute atomic E-state index is 12.6. The highest BCUT2D eigenvalue weighted by Crippen LogP contribution is 2.32. The maximum Gasteiger partial charge on any atom is 0.283 e. The van der Waals surface area contributed by atoms with Crippen LogP contribution in [0.3, 0.4) is 0 Å². The van der Waals surface area contributed by atoms with Crippen LogP contribution in [0, 0.1) is 19.3 Å². The van der Waals surface area contributed by atoms with Crippen LogP contribution in [0.2, 0.25) is 0 Å². The van der Waals surface area contributed by atoms with Gasteiger partial charge in [0.1, 0.15) is 11.6 Å². The Balaban J connectivity index is 1.42. The summed E-state index contributed by atoms with van der Waals surface area (Å²) in [4.78, 5) is 17.5. The first-order valence-electron chi connectivity index (χ1n) is 11.3. The van der Waals surface area contributed by atoms with E-state index in [-0.39, 0.29) is 21.7 Å². The van der Waals surface area contributed by atoms with Crippen molar-refractivity contribution in [3.8, 4) is 17.2 Å². The van der Waals surface area contributed by atoms with Crippen LogP contribution in [-0.2, 0) is 14.6 Å². The standard InChI is InChI=1S/C25H26N4O6S2/c1-15-6-8-19(16(2)12-15)34-10-5-11-35-20-9-7-17(14-21(20)33-3)13-18-22(26)29-24(27-23(18)30)36-28-25(29)37(4,31)32/h6-9,12-14,26H,5,10-11H2,1-4H3/b18-13-,26-22?. The van der Waals surface area contributed by atoms with E-state index in [0.717, 1.165) is 34.4 Å². The van der Waals surface area contributed by atoms with Crippen LogP contribution in [-0.4, -0.2) is 62.0 Å². The molecule has 0 radical (unpaired) electrons. The van der Waals surface area contributed by atoms with E-state index in [9.17, 15) is 13.2 Å². The average Bonchev–Trinajstić information content (AvgIpc) is 3.28. The van der Waals surface area contributed by atoms with Gasteiger partial charge in [0.05, 0.1) is 37.8 Å². The summed E-state index contributed by atoms with van der Waals surface area (Å²) in [7, 11) is -2.22. The van der Waals surface area contributed by atoms with Crippen LogP contribution < -0.4 is 14.2 Å². The molecule has 0 bridgehead atoms. The van der Waals surface area contributed by atoms with Gasteiger partial charge in [0, 0.05) is 12.7 Å². The molecule has 1 N–H and O–H groups in total. The minimum atomic E-state index is -3.72. The van der Waals surface area contributed by atoms with Crippen LogP contribution >= 0.6 is 11.9 Å².